The van der Waals surface area contributed by atoms with Crippen LogP contribution in [0.15, 0.2) is 194 Å². The molecule has 4 aliphatic heterocycles. The smallest absolute Gasteiger partial charge is 0.418 e. The van der Waals surface area contributed by atoms with Gasteiger partial charge in [-0.25, -0.2) is 9.59 Å². The molecule has 8 aromatic carbocycles. The first-order valence-electron chi connectivity index (χ1n) is 37.6. The zero-order valence-corrected chi connectivity index (χ0v) is 59.3. The Morgan fingerprint density at radius 3 is 0.710 bits per heavy atom. The number of rotatable bonds is 24. The van der Waals surface area contributed by atoms with Gasteiger partial charge in [-0.05, 0) is 200 Å². The number of carbonyl (C=O) groups excluding carboxylic acids is 2. The number of phenols is 4. The average Bonchev–Trinajstić information content (AvgIpc) is 0.794. The van der Waals surface area contributed by atoms with Crippen molar-refractivity contribution in [2.75, 3.05) is 52.4 Å². The van der Waals surface area contributed by atoms with Gasteiger partial charge >= 0.3 is 11.9 Å². The molecule has 4 saturated heterocycles. The van der Waals surface area contributed by atoms with Crippen LogP contribution in [0.25, 0.3) is 0 Å². The van der Waals surface area contributed by atoms with Crippen molar-refractivity contribution >= 4 is 11.9 Å². The van der Waals surface area contributed by atoms with Crippen molar-refractivity contribution in [3.63, 3.8) is 0 Å². The summed E-state index contributed by atoms with van der Waals surface area (Å²) in [6, 6.07) is 63.0. The molecule has 0 saturated carbocycles. The molecule has 0 aliphatic carbocycles. The number of nitrogens with zero attached hydrogens (tertiary/aromatic N) is 4. The van der Waals surface area contributed by atoms with Gasteiger partial charge in [0.2, 0.25) is 0 Å². The zero-order chi connectivity index (χ0) is 69.4. The summed E-state index contributed by atoms with van der Waals surface area (Å²) in [6.45, 7) is 14.5. The van der Waals surface area contributed by atoms with E-state index in [0.717, 1.165) is 148 Å². The van der Waals surface area contributed by atoms with Crippen LogP contribution in [0.2, 0.25) is 0 Å². The van der Waals surface area contributed by atoms with Crippen LogP contribution < -0.4 is 0 Å². The summed E-state index contributed by atoms with van der Waals surface area (Å²) in [5.41, 5.74) is 5.10. The van der Waals surface area contributed by atoms with Crippen LogP contribution in [-0.4, -0.2) is 104 Å². The molecule has 12 nitrogen and oxygen atoms in total. The van der Waals surface area contributed by atoms with Gasteiger partial charge in [0.15, 0.2) is 11.2 Å². The summed E-state index contributed by atoms with van der Waals surface area (Å²) < 4.78 is 14.4. The highest BCUT2D eigenvalue weighted by Crippen LogP contribution is 2.50. The lowest BCUT2D eigenvalue weighted by Gasteiger charge is -2.41. The SMILES string of the molecule is CC(CCC(OC(=O)C(=O)OC(CCC(C)(c1ccc(O)c(CN2CCCCCC2)c1)c1ccc(O)c(CN2CCCCCC2)c1)(c1ccccc1)c1ccccc1)(c1ccccc1)c1ccccc1)(c1ccc(O)c(CN2CCCCCC2)c1)c1ccc(O)c(CN2CCCCCC2)c1. The zero-order valence-electron chi connectivity index (χ0n) is 59.3. The Kier molecular flexibility index (Phi) is 24.0. The number of aromatic hydroxyl groups is 4. The fraction of sp³-hybridized carbons (Fsp3) is 0.432. The van der Waals surface area contributed by atoms with Crippen molar-refractivity contribution < 1.29 is 39.5 Å². The van der Waals surface area contributed by atoms with E-state index in [4.69, 9.17) is 9.47 Å². The second-order valence-corrected chi connectivity index (χ2v) is 29.7. The first-order valence-corrected chi connectivity index (χ1v) is 37.6. The Bertz CT molecular complexity index is 3450. The quantitative estimate of drug-likeness (QED) is 0.0337. The molecule has 0 unspecified atom stereocenters. The van der Waals surface area contributed by atoms with Gasteiger partial charge in [0.1, 0.15) is 23.0 Å². The second kappa shape index (κ2) is 33.5. The monoisotopic (exact) mass is 1350 g/mol. The Labute approximate surface area is 594 Å². The molecule has 0 atom stereocenters. The van der Waals surface area contributed by atoms with E-state index in [1.54, 1.807) is 0 Å². The minimum atomic E-state index is -1.58. The molecule has 0 spiro atoms. The lowest BCUT2D eigenvalue weighted by Crippen LogP contribution is -2.42. The highest BCUT2D eigenvalue weighted by atomic mass is 16.6. The van der Waals surface area contributed by atoms with E-state index in [1.807, 2.05) is 170 Å². The van der Waals surface area contributed by atoms with E-state index in [0.29, 0.717) is 61.3 Å². The van der Waals surface area contributed by atoms with Gasteiger partial charge in [-0.3, -0.25) is 19.6 Å². The summed E-state index contributed by atoms with van der Waals surface area (Å²) in [4.78, 5) is 41.9. The van der Waals surface area contributed by atoms with E-state index >= 15 is 9.59 Å². The molecule has 12 heteroatoms. The molecule has 526 valence electrons. The maximum absolute atomic E-state index is 16.0. The van der Waals surface area contributed by atoms with Gasteiger partial charge < -0.3 is 29.9 Å². The van der Waals surface area contributed by atoms with Crippen molar-refractivity contribution in [1.82, 2.24) is 19.6 Å². The number of hydrogen-bond donors (Lipinski definition) is 4. The molecule has 8 aromatic rings. The number of esters is 2. The fourth-order valence-corrected chi connectivity index (χ4v) is 16.6. The minimum Gasteiger partial charge on any atom is -0.508 e. The summed E-state index contributed by atoms with van der Waals surface area (Å²) >= 11 is 0. The lowest BCUT2D eigenvalue weighted by molar-refractivity contribution is -0.184. The topological polar surface area (TPSA) is 146 Å². The fourth-order valence-electron chi connectivity index (χ4n) is 16.6. The van der Waals surface area contributed by atoms with Crippen LogP contribution in [-0.2, 0) is 67.3 Å². The van der Waals surface area contributed by atoms with Crippen LogP contribution in [0.4, 0.5) is 0 Å². The van der Waals surface area contributed by atoms with Gasteiger partial charge in [-0.2, -0.15) is 0 Å². The number of carbonyl (C=O) groups is 2. The van der Waals surface area contributed by atoms with Gasteiger partial charge in [0, 0.05) is 81.5 Å². The Hall–Kier alpha value is -8.26. The molecular weight excluding hydrogens is 1240 g/mol. The summed E-state index contributed by atoms with van der Waals surface area (Å²) in [5.74, 6) is -1.35. The average molecular weight is 1350 g/mol. The molecule has 4 N–H and O–H groups in total. The predicted molar refractivity (Wildman–Crippen MR) is 398 cm³/mol. The summed E-state index contributed by atoms with van der Waals surface area (Å²) in [5, 5.41) is 46.9. The summed E-state index contributed by atoms with van der Waals surface area (Å²) in [6.07, 6.45) is 19.6. The maximum Gasteiger partial charge on any atom is 0.418 e. The molecule has 4 aliphatic rings. The van der Waals surface area contributed by atoms with Crippen molar-refractivity contribution in [1.29, 1.82) is 0 Å². The van der Waals surface area contributed by atoms with Crippen LogP contribution in [0.1, 0.15) is 209 Å². The van der Waals surface area contributed by atoms with Crippen LogP contribution in [0.5, 0.6) is 23.0 Å². The number of benzene rings is 8. The van der Waals surface area contributed by atoms with E-state index in [2.05, 4.69) is 57.7 Å². The van der Waals surface area contributed by atoms with Crippen molar-refractivity contribution in [2.24, 2.45) is 0 Å². The molecular formula is C88H106N4O8. The number of phenolic OH excluding ortho intramolecular Hbond substituents is 4. The second-order valence-electron chi connectivity index (χ2n) is 29.7. The maximum atomic E-state index is 16.0. The molecule has 0 radical (unpaired) electrons. The predicted octanol–water partition coefficient (Wildman–Crippen LogP) is 17.9. The molecule has 4 fully saturated rings. The number of ether oxygens (including phenoxy) is 2. The molecule has 0 aromatic heterocycles. The Balaban J connectivity index is 0.944. The lowest BCUT2D eigenvalue weighted by atomic mass is 9.69. The van der Waals surface area contributed by atoms with Crippen LogP contribution in [0, 0.1) is 0 Å². The number of hydrogen-bond acceptors (Lipinski definition) is 12. The molecule has 4 heterocycles. The Morgan fingerprint density at radius 2 is 0.500 bits per heavy atom. The van der Waals surface area contributed by atoms with Gasteiger partial charge in [0.25, 0.3) is 0 Å². The third-order valence-electron chi connectivity index (χ3n) is 22.9. The molecule has 0 amide bonds. The third kappa shape index (κ3) is 17.0. The normalized spacial score (nSPS) is 16.9. The van der Waals surface area contributed by atoms with E-state index in [1.165, 1.54) is 51.4 Å². The van der Waals surface area contributed by atoms with Gasteiger partial charge in [-0.1, -0.05) is 211 Å². The van der Waals surface area contributed by atoms with Gasteiger partial charge in [-0.15, -0.1) is 0 Å². The Morgan fingerprint density at radius 1 is 0.290 bits per heavy atom. The van der Waals surface area contributed by atoms with Crippen molar-refractivity contribution in [3.8, 4) is 23.0 Å². The van der Waals surface area contributed by atoms with Crippen LogP contribution in [0.3, 0.4) is 0 Å². The molecule has 100 heavy (non-hydrogen) atoms. The first kappa shape index (κ1) is 71.6. The summed E-state index contributed by atoms with van der Waals surface area (Å²) in [7, 11) is 0. The molecule has 12 rings (SSSR count). The van der Waals surface area contributed by atoms with Crippen molar-refractivity contribution in [3.05, 3.63) is 261 Å². The largest absolute Gasteiger partial charge is 0.508 e. The molecule has 0 bridgehead atoms. The van der Waals surface area contributed by atoms with E-state index < -0.39 is 34.0 Å². The van der Waals surface area contributed by atoms with Gasteiger partial charge in [0.05, 0.1) is 0 Å². The van der Waals surface area contributed by atoms with Crippen molar-refractivity contribution in [2.45, 2.75) is 190 Å². The van der Waals surface area contributed by atoms with E-state index in [-0.39, 0.29) is 35.8 Å². The highest BCUT2D eigenvalue weighted by Gasteiger charge is 2.48. The minimum absolute atomic E-state index is 0.195. The third-order valence-corrected chi connectivity index (χ3v) is 22.9. The number of likely N-dealkylation sites (tertiary alicyclic amines) is 4. The highest BCUT2D eigenvalue weighted by molar-refractivity contribution is 6.30. The van der Waals surface area contributed by atoms with E-state index in [9.17, 15) is 20.4 Å². The first-order chi connectivity index (χ1) is 48.7. The van der Waals surface area contributed by atoms with Crippen LogP contribution >= 0.6 is 0 Å². The standard InChI is InChI=1S/C88H106N4O8/c1-85(75-39-43-79(93)67(59-75)63-89-51-23-3-4-24-52-89,76-40-44-80(94)68(60-76)64-90-53-25-5-6-26-54-90)47-49-87(71-31-15-11-16-32-71,72-33-17-12-18-34-72)99-83(97)84(98)100-88(73-35-19-13-20-36-73,74-37-21-14-22-38-74)50-48-86(2,77-41-45-81(95)69(61-77)65-91-55-27-7-8-28-56-91)78-42-46-82(96)70(62-78)66-92-57-29-9-10-30-58-92/h11-22,31-46,59-62,93-96H,3-10,23-30,47-58,63-66H2,1-2H3.